The van der Waals surface area contributed by atoms with Crippen molar-refractivity contribution in [3.05, 3.63) is 35.9 Å². The first kappa shape index (κ1) is 21.2. The third-order valence-electron chi connectivity index (χ3n) is 4.56. The number of amides is 1. The molecular formula is C20H32N4O3. The van der Waals surface area contributed by atoms with E-state index in [0.717, 1.165) is 32.0 Å². The number of carbonyl (C=O) groups excluding carboxylic acids is 1. The smallest absolute Gasteiger partial charge is 0.223 e. The SMILES string of the molecule is CN=C(NCCOCCOC)NCC1CC(=O)N(CCc2ccccc2)C1. The lowest BCUT2D eigenvalue weighted by Crippen LogP contribution is -2.41. The van der Waals surface area contributed by atoms with Gasteiger partial charge < -0.3 is 25.0 Å². The maximum absolute atomic E-state index is 12.2. The molecule has 1 aromatic carbocycles. The van der Waals surface area contributed by atoms with E-state index in [1.807, 2.05) is 23.1 Å². The van der Waals surface area contributed by atoms with Crippen LogP contribution in [0, 0.1) is 5.92 Å². The number of nitrogens with one attached hydrogen (secondary N) is 2. The fraction of sp³-hybridized carbons (Fsp3) is 0.600. The van der Waals surface area contributed by atoms with Gasteiger partial charge in [0.2, 0.25) is 5.91 Å². The molecule has 27 heavy (non-hydrogen) atoms. The first-order chi connectivity index (χ1) is 13.2. The molecule has 7 heteroatoms. The molecule has 0 spiro atoms. The zero-order valence-corrected chi connectivity index (χ0v) is 16.4. The molecule has 0 bridgehead atoms. The van der Waals surface area contributed by atoms with Crippen molar-refractivity contribution in [2.24, 2.45) is 10.9 Å². The van der Waals surface area contributed by atoms with E-state index in [1.54, 1.807) is 14.2 Å². The minimum absolute atomic E-state index is 0.243. The van der Waals surface area contributed by atoms with Gasteiger partial charge in [0.25, 0.3) is 0 Å². The van der Waals surface area contributed by atoms with E-state index in [4.69, 9.17) is 9.47 Å². The summed E-state index contributed by atoms with van der Waals surface area (Å²) in [5.41, 5.74) is 1.27. The van der Waals surface area contributed by atoms with Crippen LogP contribution in [-0.2, 0) is 20.7 Å². The molecule has 1 aromatic rings. The summed E-state index contributed by atoms with van der Waals surface area (Å²) in [6.45, 7) is 4.78. The van der Waals surface area contributed by atoms with Gasteiger partial charge >= 0.3 is 0 Å². The Morgan fingerprint density at radius 1 is 1.22 bits per heavy atom. The van der Waals surface area contributed by atoms with Crippen LogP contribution in [0.4, 0.5) is 0 Å². The van der Waals surface area contributed by atoms with E-state index < -0.39 is 0 Å². The average molecular weight is 377 g/mol. The Hall–Kier alpha value is -2.12. The second-order valence-corrected chi connectivity index (χ2v) is 6.63. The Labute approximate surface area is 162 Å². The molecular weight excluding hydrogens is 344 g/mol. The van der Waals surface area contributed by atoms with Gasteiger partial charge in [-0.05, 0) is 12.0 Å². The highest BCUT2D eigenvalue weighted by Gasteiger charge is 2.29. The molecule has 1 aliphatic rings. The van der Waals surface area contributed by atoms with Crippen molar-refractivity contribution in [2.45, 2.75) is 12.8 Å². The lowest BCUT2D eigenvalue weighted by molar-refractivity contribution is -0.127. The van der Waals surface area contributed by atoms with E-state index in [0.29, 0.717) is 38.7 Å². The minimum atomic E-state index is 0.243. The molecule has 1 saturated heterocycles. The molecule has 0 radical (unpaired) electrons. The molecule has 2 N–H and O–H groups in total. The number of aliphatic imine (C=N–C) groups is 1. The van der Waals surface area contributed by atoms with Gasteiger partial charge in [-0.3, -0.25) is 9.79 Å². The van der Waals surface area contributed by atoms with E-state index in [2.05, 4.69) is 27.8 Å². The molecule has 1 amide bonds. The van der Waals surface area contributed by atoms with Crippen LogP contribution < -0.4 is 10.6 Å². The van der Waals surface area contributed by atoms with Gasteiger partial charge in [-0.2, -0.15) is 0 Å². The maximum atomic E-state index is 12.2. The molecule has 1 unspecified atom stereocenters. The van der Waals surface area contributed by atoms with Crippen LogP contribution in [0.3, 0.4) is 0 Å². The normalized spacial score (nSPS) is 17.4. The summed E-state index contributed by atoms with van der Waals surface area (Å²) in [6.07, 6.45) is 1.50. The monoisotopic (exact) mass is 376 g/mol. The lowest BCUT2D eigenvalue weighted by atomic mass is 10.1. The van der Waals surface area contributed by atoms with Crippen molar-refractivity contribution in [3.63, 3.8) is 0 Å². The van der Waals surface area contributed by atoms with Crippen LogP contribution in [0.5, 0.6) is 0 Å². The molecule has 0 aliphatic carbocycles. The lowest BCUT2D eigenvalue weighted by Gasteiger charge is -2.18. The van der Waals surface area contributed by atoms with E-state index in [9.17, 15) is 4.79 Å². The van der Waals surface area contributed by atoms with Gasteiger partial charge in [0, 0.05) is 52.7 Å². The topological polar surface area (TPSA) is 75.2 Å². The number of hydrogen-bond acceptors (Lipinski definition) is 4. The highest BCUT2D eigenvalue weighted by atomic mass is 16.5. The molecule has 1 heterocycles. The zero-order chi connectivity index (χ0) is 19.3. The second-order valence-electron chi connectivity index (χ2n) is 6.63. The molecule has 2 rings (SSSR count). The largest absolute Gasteiger partial charge is 0.382 e. The maximum Gasteiger partial charge on any atom is 0.223 e. The predicted octanol–water partition coefficient (Wildman–Crippen LogP) is 0.906. The quantitative estimate of drug-likeness (QED) is 0.341. The number of rotatable bonds is 11. The van der Waals surface area contributed by atoms with Crippen molar-refractivity contribution >= 4 is 11.9 Å². The number of guanidine groups is 1. The van der Waals surface area contributed by atoms with Crippen LogP contribution in [0.1, 0.15) is 12.0 Å². The van der Waals surface area contributed by atoms with Gasteiger partial charge in [0.1, 0.15) is 0 Å². The van der Waals surface area contributed by atoms with Crippen LogP contribution in [0.2, 0.25) is 0 Å². The van der Waals surface area contributed by atoms with Crippen molar-refractivity contribution in [1.29, 1.82) is 0 Å². The number of methoxy groups -OCH3 is 1. The van der Waals surface area contributed by atoms with Gasteiger partial charge in [-0.25, -0.2) is 0 Å². The summed E-state index contributed by atoms with van der Waals surface area (Å²) >= 11 is 0. The summed E-state index contributed by atoms with van der Waals surface area (Å²) < 4.78 is 10.3. The van der Waals surface area contributed by atoms with Crippen LogP contribution >= 0.6 is 0 Å². The van der Waals surface area contributed by atoms with Crippen LogP contribution in [-0.4, -0.2) is 76.9 Å². The first-order valence-electron chi connectivity index (χ1n) is 9.55. The number of hydrogen-bond donors (Lipinski definition) is 2. The van der Waals surface area contributed by atoms with Gasteiger partial charge in [-0.1, -0.05) is 30.3 Å². The van der Waals surface area contributed by atoms with Crippen LogP contribution in [0.15, 0.2) is 35.3 Å². The fourth-order valence-corrected chi connectivity index (χ4v) is 3.06. The highest BCUT2D eigenvalue weighted by Crippen LogP contribution is 2.17. The van der Waals surface area contributed by atoms with Crippen molar-refractivity contribution < 1.29 is 14.3 Å². The predicted molar refractivity (Wildman–Crippen MR) is 107 cm³/mol. The number of nitrogens with zero attached hydrogens (tertiary/aromatic N) is 2. The third kappa shape index (κ3) is 7.97. The van der Waals surface area contributed by atoms with E-state index in [-0.39, 0.29) is 5.91 Å². The molecule has 0 aromatic heterocycles. The Balaban J connectivity index is 1.63. The molecule has 7 nitrogen and oxygen atoms in total. The van der Waals surface area contributed by atoms with Crippen molar-refractivity contribution in [3.8, 4) is 0 Å². The number of ether oxygens (including phenoxy) is 2. The Morgan fingerprint density at radius 2 is 2.04 bits per heavy atom. The van der Waals surface area contributed by atoms with E-state index in [1.165, 1.54) is 5.56 Å². The van der Waals surface area contributed by atoms with Crippen molar-refractivity contribution in [2.75, 3.05) is 60.2 Å². The summed E-state index contributed by atoms with van der Waals surface area (Å²) in [5, 5.41) is 6.52. The molecule has 1 fully saturated rings. The van der Waals surface area contributed by atoms with Crippen molar-refractivity contribution in [1.82, 2.24) is 15.5 Å². The Bertz CT molecular complexity index is 580. The molecule has 0 saturated carbocycles. The van der Waals surface area contributed by atoms with Gasteiger partial charge in [0.05, 0.1) is 19.8 Å². The van der Waals surface area contributed by atoms with Gasteiger partial charge in [-0.15, -0.1) is 0 Å². The van der Waals surface area contributed by atoms with Crippen LogP contribution in [0.25, 0.3) is 0 Å². The second kappa shape index (κ2) is 12.3. The standard InChI is InChI=1S/C20H32N4O3/c1-21-20(22-9-11-27-13-12-26-2)23-15-18-14-19(25)24(16-18)10-8-17-6-4-3-5-7-17/h3-7,18H,8-16H2,1-2H3,(H2,21,22,23). The highest BCUT2D eigenvalue weighted by molar-refractivity contribution is 5.80. The Kier molecular flexibility index (Phi) is 9.65. The first-order valence-corrected chi connectivity index (χ1v) is 9.55. The number of carbonyl (C=O) groups is 1. The molecule has 1 atom stereocenters. The summed E-state index contributed by atoms with van der Waals surface area (Å²) in [6, 6.07) is 10.3. The minimum Gasteiger partial charge on any atom is -0.382 e. The molecule has 1 aliphatic heterocycles. The summed E-state index contributed by atoms with van der Waals surface area (Å²) in [5.74, 6) is 1.29. The summed E-state index contributed by atoms with van der Waals surface area (Å²) in [4.78, 5) is 18.4. The average Bonchev–Trinajstić information content (AvgIpc) is 3.05. The summed E-state index contributed by atoms with van der Waals surface area (Å²) in [7, 11) is 3.40. The third-order valence-corrected chi connectivity index (χ3v) is 4.56. The zero-order valence-electron chi connectivity index (χ0n) is 16.4. The Morgan fingerprint density at radius 3 is 2.78 bits per heavy atom. The molecule has 150 valence electrons. The fourth-order valence-electron chi connectivity index (χ4n) is 3.06. The number of benzene rings is 1. The number of likely N-dealkylation sites (tertiary alicyclic amines) is 1. The van der Waals surface area contributed by atoms with Gasteiger partial charge in [0.15, 0.2) is 5.96 Å². The van der Waals surface area contributed by atoms with E-state index >= 15 is 0 Å².